The number of aromatic carboxylic acids is 1. The molecule has 0 bridgehead atoms. The number of nitrogens with zero attached hydrogens (tertiary/aromatic N) is 2. The van der Waals surface area contributed by atoms with Crippen molar-refractivity contribution in [3.05, 3.63) is 54.1 Å². The minimum Gasteiger partial charge on any atom is -0.478 e. The summed E-state index contributed by atoms with van der Waals surface area (Å²) >= 11 is 1.35. The Balaban J connectivity index is 2.27. The van der Waals surface area contributed by atoms with Crippen LogP contribution in [0.4, 0.5) is 5.69 Å². The Morgan fingerprint density at radius 1 is 1.23 bits per heavy atom. The highest BCUT2D eigenvalue weighted by Crippen LogP contribution is 2.24. The highest BCUT2D eigenvalue weighted by Gasteiger charge is 2.05. The Morgan fingerprint density at radius 2 is 1.95 bits per heavy atom. The number of carbonyl (C=O) groups is 1. The van der Waals surface area contributed by atoms with E-state index in [2.05, 4.69) is 10.3 Å². The van der Waals surface area contributed by atoms with Gasteiger partial charge in [0.05, 0.1) is 11.3 Å². The summed E-state index contributed by atoms with van der Waals surface area (Å²) in [6.45, 7) is 0. The molecular weight excluding hydrogens is 298 g/mol. The number of nitriles is 1. The van der Waals surface area contributed by atoms with Gasteiger partial charge in [0.1, 0.15) is 0 Å². The van der Waals surface area contributed by atoms with Crippen molar-refractivity contribution >= 4 is 28.6 Å². The van der Waals surface area contributed by atoms with E-state index in [1.54, 1.807) is 18.2 Å². The Labute approximate surface area is 132 Å². The van der Waals surface area contributed by atoms with Crippen LogP contribution in [0.15, 0.2) is 53.5 Å². The molecule has 110 valence electrons. The summed E-state index contributed by atoms with van der Waals surface area (Å²) in [5.41, 5.74) is 2.70. The smallest absolute Gasteiger partial charge is 0.335 e. The molecule has 0 atom stereocenters. The van der Waals surface area contributed by atoms with Crippen molar-refractivity contribution in [1.82, 2.24) is 5.32 Å². The second-order valence-electron chi connectivity index (χ2n) is 4.29. The van der Waals surface area contributed by atoms with Crippen LogP contribution >= 0.6 is 11.8 Å². The van der Waals surface area contributed by atoms with Gasteiger partial charge in [0, 0.05) is 0 Å². The molecule has 0 spiro atoms. The first-order chi connectivity index (χ1) is 10.6. The van der Waals surface area contributed by atoms with Crippen LogP contribution in [0, 0.1) is 11.5 Å². The molecule has 0 unspecified atom stereocenters. The molecule has 2 N–H and O–H groups in total. The molecule has 6 heteroatoms. The van der Waals surface area contributed by atoms with Crippen LogP contribution < -0.4 is 5.32 Å². The van der Waals surface area contributed by atoms with Crippen LogP contribution in [-0.2, 0) is 0 Å². The number of carboxylic acid groups (broad SMARTS) is 1. The van der Waals surface area contributed by atoms with Gasteiger partial charge in [-0.25, -0.2) is 9.79 Å². The van der Waals surface area contributed by atoms with Crippen molar-refractivity contribution in [2.24, 2.45) is 4.99 Å². The number of thioether (sulfide) groups is 1. The third-order valence-corrected chi connectivity index (χ3v) is 3.48. The van der Waals surface area contributed by atoms with Gasteiger partial charge in [-0.15, -0.1) is 0 Å². The van der Waals surface area contributed by atoms with E-state index in [4.69, 9.17) is 10.4 Å². The van der Waals surface area contributed by atoms with E-state index in [1.165, 1.54) is 11.8 Å². The first-order valence-corrected chi connectivity index (χ1v) is 7.58. The van der Waals surface area contributed by atoms with Crippen molar-refractivity contribution in [2.75, 3.05) is 6.26 Å². The molecule has 0 saturated heterocycles. The van der Waals surface area contributed by atoms with Gasteiger partial charge in [-0.05, 0) is 41.6 Å². The molecular formula is C16H13N3O2S. The number of nitrogens with one attached hydrogen (secondary N) is 1. The lowest BCUT2D eigenvalue weighted by atomic mass is 10.0. The molecule has 0 heterocycles. The van der Waals surface area contributed by atoms with E-state index in [-0.39, 0.29) is 5.56 Å². The lowest BCUT2D eigenvalue weighted by Crippen LogP contribution is -2.12. The van der Waals surface area contributed by atoms with Crippen LogP contribution in [0.2, 0.25) is 0 Å². The summed E-state index contributed by atoms with van der Waals surface area (Å²) in [5.74, 6) is -0.949. The van der Waals surface area contributed by atoms with E-state index in [9.17, 15) is 4.79 Å². The van der Waals surface area contributed by atoms with Crippen LogP contribution in [0.3, 0.4) is 0 Å². The lowest BCUT2D eigenvalue weighted by Gasteiger charge is -2.04. The Kier molecular flexibility index (Phi) is 5.17. The zero-order chi connectivity index (χ0) is 15.9. The van der Waals surface area contributed by atoms with Crippen molar-refractivity contribution in [2.45, 2.75) is 0 Å². The van der Waals surface area contributed by atoms with E-state index in [0.717, 1.165) is 11.1 Å². The monoisotopic (exact) mass is 311 g/mol. The molecule has 0 radical (unpaired) electrons. The molecule has 0 saturated carbocycles. The Morgan fingerprint density at radius 3 is 2.55 bits per heavy atom. The molecule has 0 amide bonds. The number of rotatable bonds is 3. The molecule has 0 aromatic heterocycles. The summed E-state index contributed by atoms with van der Waals surface area (Å²) in [6, 6.07) is 14.1. The maximum atomic E-state index is 11.0. The third kappa shape index (κ3) is 3.87. The average molecular weight is 311 g/mol. The maximum absolute atomic E-state index is 11.0. The van der Waals surface area contributed by atoms with E-state index >= 15 is 0 Å². The van der Waals surface area contributed by atoms with Gasteiger partial charge in [-0.2, -0.15) is 5.26 Å². The van der Waals surface area contributed by atoms with Crippen molar-refractivity contribution in [3.8, 4) is 17.3 Å². The summed E-state index contributed by atoms with van der Waals surface area (Å²) in [5, 5.41) is 20.6. The van der Waals surface area contributed by atoms with E-state index in [1.807, 2.05) is 42.8 Å². The molecule has 2 aromatic carbocycles. The number of amidine groups is 1. The van der Waals surface area contributed by atoms with Crippen LogP contribution in [0.5, 0.6) is 0 Å². The zero-order valence-electron chi connectivity index (χ0n) is 11.8. The van der Waals surface area contributed by atoms with Gasteiger partial charge < -0.3 is 5.11 Å². The predicted molar refractivity (Wildman–Crippen MR) is 88.2 cm³/mol. The standard InChI is InChI=1S/C16H13N3O2S/c1-22-16(18-10-17)19-14-7-5-11(6-8-14)12-3-2-4-13(9-12)15(20)21/h2-9H,1H3,(H,18,19)(H,20,21). The molecule has 22 heavy (non-hydrogen) atoms. The zero-order valence-corrected chi connectivity index (χ0v) is 12.6. The first-order valence-electron chi connectivity index (χ1n) is 6.35. The summed E-state index contributed by atoms with van der Waals surface area (Å²) in [4.78, 5) is 15.3. The lowest BCUT2D eigenvalue weighted by molar-refractivity contribution is 0.0697. The molecule has 0 aliphatic rings. The number of carboxylic acids is 1. The number of aliphatic imine (C=N–C) groups is 1. The Bertz CT molecular complexity index is 749. The quantitative estimate of drug-likeness (QED) is 0.392. The summed E-state index contributed by atoms with van der Waals surface area (Å²) < 4.78 is 0. The van der Waals surface area contributed by atoms with Gasteiger partial charge >= 0.3 is 5.97 Å². The van der Waals surface area contributed by atoms with Gasteiger partial charge in [-0.3, -0.25) is 5.32 Å². The molecule has 0 fully saturated rings. The SMILES string of the molecule is CSC(=Nc1ccc(-c2cccc(C(=O)O)c2)cc1)NC#N. The first kappa shape index (κ1) is 15.6. The molecule has 2 rings (SSSR count). The van der Waals surface area contributed by atoms with Gasteiger partial charge in [-0.1, -0.05) is 36.0 Å². The molecule has 5 nitrogen and oxygen atoms in total. The van der Waals surface area contributed by atoms with Gasteiger partial charge in [0.2, 0.25) is 0 Å². The van der Waals surface area contributed by atoms with Crippen molar-refractivity contribution < 1.29 is 9.90 Å². The predicted octanol–water partition coefficient (Wildman–Crippen LogP) is 3.47. The summed E-state index contributed by atoms with van der Waals surface area (Å²) in [6.07, 6.45) is 3.66. The van der Waals surface area contributed by atoms with Gasteiger partial charge in [0.15, 0.2) is 11.4 Å². The highest BCUT2D eigenvalue weighted by atomic mass is 32.2. The Hall–Kier alpha value is -2.78. The van der Waals surface area contributed by atoms with E-state index in [0.29, 0.717) is 10.9 Å². The van der Waals surface area contributed by atoms with Crippen molar-refractivity contribution in [1.29, 1.82) is 5.26 Å². The molecule has 2 aromatic rings. The van der Waals surface area contributed by atoms with Crippen LogP contribution in [0.25, 0.3) is 11.1 Å². The maximum Gasteiger partial charge on any atom is 0.335 e. The summed E-state index contributed by atoms with van der Waals surface area (Å²) in [7, 11) is 0. The van der Waals surface area contributed by atoms with Crippen LogP contribution in [0.1, 0.15) is 10.4 Å². The molecule has 0 aliphatic carbocycles. The topological polar surface area (TPSA) is 85.5 Å². The van der Waals surface area contributed by atoms with Crippen molar-refractivity contribution in [3.63, 3.8) is 0 Å². The number of benzene rings is 2. The second-order valence-corrected chi connectivity index (χ2v) is 5.09. The van der Waals surface area contributed by atoms with Crippen LogP contribution in [-0.4, -0.2) is 22.5 Å². The minimum atomic E-state index is -0.949. The normalized spacial score (nSPS) is 10.8. The average Bonchev–Trinajstić information content (AvgIpc) is 2.55. The van der Waals surface area contributed by atoms with Gasteiger partial charge in [0.25, 0.3) is 0 Å². The second kappa shape index (κ2) is 7.29. The fraction of sp³-hybridized carbons (Fsp3) is 0.0625. The molecule has 0 aliphatic heterocycles. The fourth-order valence-electron chi connectivity index (χ4n) is 1.85. The highest BCUT2D eigenvalue weighted by molar-refractivity contribution is 8.13. The minimum absolute atomic E-state index is 0.252. The largest absolute Gasteiger partial charge is 0.478 e. The van der Waals surface area contributed by atoms with E-state index < -0.39 is 5.97 Å². The fourth-order valence-corrected chi connectivity index (χ4v) is 2.19. The number of hydrogen-bond donors (Lipinski definition) is 2. The number of hydrogen-bond acceptors (Lipinski definition) is 4. The third-order valence-electron chi connectivity index (χ3n) is 2.90.